The molecule has 6 nitrogen and oxygen atoms in total. The summed E-state index contributed by atoms with van der Waals surface area (Å²) in [6, 6.07) is 0. The number of hydrogen-bond acceptors (Lipinski definition) is 6. The van der Waals surface area contributed by atoms with Crippen molar-refractivity contribution in [3.8, 4) is 0 Å². The monoisotopic (exact) mass is 1070 g/mol. The van der Waals surface area contributed by atoms with E-state index in [0.717, 1.165) is 69.6 Å². The summed E-state index contributed by atoms with van der Waals surface area (Å²) in [6.07, 6.45) is 71.0. The molecule has 452 valence electrons. The van der Waals surface area contributed by atoms with Gasteiger partial charge < -0.3 is 14.2 Å². The van der Waals surface area contributed by atoms with Crippen LogP contribution in [0.25, 0.3) is 0 Å². The van der Waals surface area contributed by atoms with Gasteiger partial charge in [-0.15, -0.1) is 0 Å². The zero-order chi connectivity index (χ0) is 55.3. The van der Waals surface area contributed by atoms with E-state index < -0.39 is 6.10 Å². The fourth-order valence-corrected chi connectivity index (χ4v) is 10.9. The summed E-state index contributed by atoms with van der Waals surface area (Å²) >= 11 is 0. The van der Waals surface area contributed by atoms with Gasteiger partial charge in [0.25, 0.3) is 0 Å². The van der Waals surface area contributed by atoms with Crippen molar-refractivity contribution in [1.29, 1.82) is 0 Å². The normalized spacial score (nSPS) is 12.8. The highest BCUT2D eigenvalue weighted by Gasteiger charge is 2.20. The third kappa shape index (κ3) is 60.1. The van der Waals surface area contributed by atoms with E-state index in [0.29, 0.717) is 19.3 Å². The molecule has 3 atom stereocenters. The molecule has 0 heterocycles. The standard InChI is InChI=1S/C70H136O6/c1-6-9-10-11-12-13-14-15-30-35-40-45-50-55-60-68(71)74-63-67(76-70(73)62-57-52-47-42-37-32-27-23-19-17-21-25-29-34-39-44-49-54-59-66(5)8-3)64-75-69(72)61-56-51-46-41-36-31-26-22-18-16-20-24-28-33-38-43-48-53-58-65(4)7-2/h65-67H,6-64H2,1-5H3/t65?,66?,67-/m1/s1. The Morgan fingerprint density at radius 3 is 0.684 bits per heavy atom. The Bertz CT molecular complexity index is 1170. The minimum Gasteiger partial charge on any atom is -0.462 e. The summed E-state index contributed by atoms with van der Waals surface area (Å²) in [5.41, 5.74) is 0. The largest absolute Gasteiger partial charge is 0.462 e. The number of esters is 3. The zero-order valence-corrected chi connectivity index (χ0v) is 52.4. The van der Waals surface area contributed by atoms with Crippen LogP contribution in [0.3, 0.4) is 0 Å². The molecule has 0 N–H and O–H groups in total. The van der Waals surface area contributed by atoms with Crippen LogP contribution in [0.4, 0.5) is 0 Å². The zero-order valence-electron chi connectivity index (χ0n) is 52.4. The first-order valence-corrected chi connectivity index (χ1v) is 34.8. The van der Waals surface area contributed by atoms with Crippen LogP contribution in [0.2, 0.25) is 0 Å². The lowest BCUT2D eigenvalue weighted by molar-refractivity contribution is -0.167. The number of carbonyl (C=O) groups is 3. The lowest BCUT2D eigenvalue weighted by Crippen LogP contribution is -2.30. The molecule has 0 aromatic carbocycles. The molecule has 0 aliphatic carbocycles. The molecule has 0 aliphatic rings. The van der Waals surface area contributed by atoms with Crippen molar-refractivity contribution in [2.75, 3.05) is 13.2 Å². The van der Waals surface area contributed by atoms with Gasteiger partial charge in [-0.2, -0.15) is 0 Å². The van der Waals surface area contributed by atoms with Crippen LogP contribution in [-0.4, -0.2) is 37.2 Å². The highest BCUT2D eigenvalue weighted by atomic mass is 16.6. The van der Waals surface area contributed by atoms with Gasteiger partial charge >= 0.3 is 17.9 Å². The van der Waals surface area contributed by atoms with Crippen molar-refractivity contribution >= 4 is 17.9 Å². The van der Waals surface area contributed by atoms with Gasteiger partial charge in [-0.1, -0.05) is 362 Å². The number of hydrogen-bond donors (Lipinski definition) is 0. The van der Waals surface area contributed by atoms with Crippen LogP contribution in [0.15, 0.2) is 0 Å². The summed E-state index contributed by atoms with van der Waals surface area (Å²) < 4.78 is 17.0. The van der Waals surface area contributed by atoms with Gasteiger partial charge in [-0.3, -0.25) is 14.4 Å². The Balaban J connectivity index is 4.24. The number of rotatable bonds is 64. The molecule has 76 heavy (non-hydrogen) atoms. The van der Waals surface area contributed by atoms with E-state index >= 15 is 0 Å². The molecule has 0 bridgehead atoms. The van der Waals surface area contributed by atoms with E-state index in [1.807, 2.05) is 0 Å². The van der Waals surface area contributed by atoms with Crippen LogP contribution in [0.1, 0.15) is 401 Å². The summed E-state index contributed by atoms with van der Waals surface area (Å²) in [6.45, 7) is 11.6. The maximum Gasteiger partial charge on any atom is 0.306 e. The number of unbranched alkanes of at least 4 members (excludes halogenated alkanes) is 47. The number of carbonyl (C=O) groups excluding carboxylic acids is 3. The Kier molecular flexibility index (Phi) is 61.3. The predicted octanol–water partition coefficient (Wildman–Crippen LogP) is 23.6. The van der Waals surface area contributed by atoms with E-state index in [2.05, 4.69) is 34.6 Å². The van der Waals surface area contributed by atoms with Gasteiger partial charge in [-0.05, 0) is 31.1 Å². The first-order valence-electron chi connectivity index (χ1n) is 34.8. The van der Waals surface area contributed by atoms with Crippen molar-refractivity contribution < 1.29 is 28.6 Å². The van der Waals surface area contributed by atoms with Crippen molar-refractivity contribution in [1.82, 2.24) is 0 Å². The van der Waals surface area contributed by atoms with Crippen LogP contribution in [0, 0.1) is 11.8 Å². The van der Waals surface area contributed by atoms with Crippen molar-refractivity contribution in [3.05, 3.63) is 0 Å². The quantitative estimate of drug-likeness (QED) is 0.0343. The Hall–Kier alpha value is -1.59. The molecular formula is C70H136O6. The molecule has 0 saturated heterocycles. The molecule has 6 heteroatoms. The molecule has 0 aliphatic heterocycles. The minimum absolute atomic E-state index is 0.0612. The SMILES string of the molecule is CCCCCCCCCCCCCCCCC(=O)OC[C@H](COC(=O)CCCCCCCCCCCCCCCCCCCCC(C)CC)OC(=O)CCCCCCCCCCCCCCCCCCCCC(C)CC. The van der Waals surface area contributed by atoms with Crippen LogP contribution in [-0.2, 0) is 28.6 Å². The maximum absolute atomic E-state index is 12.9. The van der Waals surface area contributed by atoms with Gasteiger partial charge in [0.05, 0.1) is 0 Å². The Morgan fingerprint density at radius 2 is 0.461 bits per heavy atom. The average molecular weight is 1070 g/mol. The molecule has 0 radical (unpaired) electrons. The van der Waals surface area contributed by atoms with E-state index in [1.165, 1.54) is 289 Å². The van der Waals surface area contributed by atoms with E-state index in [-0.39, 0.29) is 31.1 Å². The Morgan fingerprint density at radius 1 is 0.263 bits per heavy atom. The van der Waals surface area contributed by atoms with Gasteiger partial charge in [0.1, 0.15) is 13.2 Å². The predicted molar refractivity (Wildman–Crippen MR) is 330 cm³/mol. The highest BCUT2D eigenvalue weighted by molar-refractivity contribution is 5.71. The summed E-state index contributed by atoms with van der Waals surface area (Å²) in [5.74, 6) is 0.994. The molecule has 0 rings (SSSR count). The molecule has 0 amide bonds. The van der Waals surface area contributed by atoms with Gasteiger partial charge in [0.2, 0.25) is 0 Å². The molecular weight excluding hydrogens is 937 g/mol. The number of ether oxygens (including phenoxy) is 3. The van der Waals surface area contributed by atoms with Gasteiger partial charge in [-0.25, -0.2) is 0 Å². The second kappa shape index (κ2) is 62.6. The first-order chi connectivity index (χ1) is 37.3. The van der Waals surface area contributed by atoms with Crippen LogP contribution in [0.5, 0.6) is 0 Å². The molecule has 0 saturated carbocycles. The fourth-order valence-electron chi connectivity index (χ4n) is 10.9. The third-order valence-corrected chi connectivity index (χ3v) is 16.9. The topological polar surface area (TPSA) is 78.9 Å². The van der Waals surface area contributed by atoms with Crippen molar-refractivity contribution in [2.24, 2.45) is 11.8 Å². The van der Waals surface area contributed by atoms with Crippen LogP contribution >= 0.6 is 0 Å². The molecule has 0 aromatic heterocycles. The van der Waals surface area contributed by atoms with Crippen molar-refractivity contribution in [2.45, 2.75) is 407 Å². The van der Waals surface area contributed by atoms with Crippen molar-refractivity contribution in [3.63, 3.8) is 0 Å². The lowest BCUT2D eigenvalue weighted by Gasteiger charge is -2.18. The molecule has 0 fully saturated rings. The second-order valence-corrected chi connectivity index (χ2v) is 24.7. The van der Waals surface area contributed by atoms with Crippen LogP contribution < -0.4 is 0 Å². The highest BCUT2D eigenvalue weighted by Crippen LogP contribution is 2.20. The summed E-state index contributed by atoms with van der Waals surface area (Å²) in [7, 11) is 0. The van der Waals surface area contributed by atoms with E-state index in [9.17, 15) is 14.4 Å². The second-order valence-electron chi connectivity index (χ2n) is 24.7. The maximum atomic E-state index is 12.9. The lowest BCUT2D eigenvalue weighted by atomic mass is 9.99. The van der Waals surface area contributed by atoms with Gasteiger partial charge in [0, 0.05) is 19.3 Å². The van der Waals surface area contributed by atoms with E-state index in [4.69, 9.17) is 14.2 Å². The fraction of sp³-hybridized carbons (Fsp3) is 0.957. The summed E-state index contributed by atoms with van der Waals surface area (Å²) in [4.78, 5) is 38.4. The molecule has 0 spiro atoms. The molecule has 0 aromatic rings. The third-order valence-electron chi connectivity index (χ3n) is 16.9. The smallest absolute Gasteiger partial charge is 0.306 e. The first kappa shape index (κ1) is 74.4. The van der Waals surface area contributed by atoms with Gasteiger partial charge in [0.15, 0.2) is 6.10 Å². The minimum atomic E-state index is -0.764. The average Bonchev–Trinajstić information content (AvgIpc) is 3.42. The summed E-state index contributed by atoms with van der Waals surface area (Å²) in [5, 5.41) is 0. The van der Waals surface area contributed by atoms with E-state index in [1.54, 1.807) is 0 Å². The molecule has 2 unspecified atom stereocenters. The Labute approximate surface area is 476 Å².